The van der Waals surface area contributed by atoms with E-state index < -0.39 is 23.0 Å². The normalized spacial score (nSPS) is 12.6. The summed E-state index contributed by atoms with van der Waals surface area (Å²) in [5.41, 5.74) is -0.756. The van der Waals surface area contributed by atoms with Gasteiger partial charge in [-0.3, -0.25) is 4.21 Å². The van der Waals surface area contributed by atoms with Crippen molar-refractivity contribution >= 4 is 17.4 Å². The van der Waals surface area contributed by atoms with Crippen LogP contribution in [0.25, 0.3) is 0 Å². The number of carbonyl (C=O) groups is 1. The molecule has 0 aliphatic rings. The molecule has 0 saturated heterocycles. The summed E-state index contributed by atoms with van der Waals surface area (Å²) in [5.74, 6) is 2.23. The molecule has 6 nitrogen and oxygen atoms in total. The molecule has 1 atom stereocenters. The molecular formula is C10H16NO5S-. The third-order valence-corrected chi connectivity index (χ3v) is 2.09. The number of rotatable bonds is 5. The molecule has 0 aromatic carbocycles. The fraction of sp³-hybridized carbons (Fsp3) is 0.700. The van der Waals surface area contributed by atoms with Crippen molar-refractivity contribution in [3.8, 4) is 12.3 Å². The van der Waals surface area contributed by atoms with Gasteiger partial charge in [0.2, 0.25) is 0 Å². The van der Waals surface area contributed by atoms with Crippen molar-refractivity contribution in [2.75, 3.05) is 19.8 Å². The average Bonchev–Trinajstić information content (AvgIpc) is 2.14. The Labute approximate surface area is 104 Å². The predicted octanol–water partition coefficient (Wildman–Crippen LogP) is 0.667. The van der Waals surface area contributed by atoms with Gasteiger partial charge in [-0.2, -0.15) is 0 Å². The molecule has 1 amide bonds. The largest absolute Gasteiger partial charge is 0.755 e. The van der Waals surface area contributed by atoms with Crippen LogP contribution in [0.3, 0.4) is 0 Å². The summed E-state index contributed by atoms with van der Waals surface area (Å²) >= 11 is -2.70. The van der Waals surface area contributed by atoms with Gasteiger partial charge in [0, 0.05) is 0 Å². The SMILES string of the molecule is C#CCOCCN(C(=O)OC(C)(C)C)S(=O)[O-]. The fourth-order valence-corrected chi connectivity index (χ4v) is 1.20. The monoisotopic (exact) mass is 262 g/mol. The van der Waals surface area contributed by atoms with Crippen LogP contribution < -0.4 is 0 Å². The van der Waals surface area contributed by atoms with Gasteiger partial charge in [0.25, 0.3) is 0 Å². The van der Waals surface area contributed by atoms with E-state index in [2.05, 4.69) is 5.92 Å². The van der Waals surface area contributed by atoms with Crippen molar-refractivity contribution in [3.05, 3.63) is 0 Å². The maximum absolute atomic E-state index is 11.5. The van der Waals surface area contributed by atoms with Gasteiger partial charge in [-0.1, -0.05) is 5.92 Å². The van der Waals surface area contributed by atoms with Gasteiger partial charge in [0.05, 0.1) is 24.4 Å². The average molecular weight is 262 g/mol. The van der Waals surface area contributed by atoms with Gasteiger partial charge < -0.3 is 14.0 Å². The minimum atomic E-state index is -2.70. The molecule has 1 unspecified atom stereocenters. The van der Waals surface area contributed by atoms with Gasteiger partial charge in [0.15, 0.2) is 0 Å². The van der Waals surface area contributed by atoms with Crippen molar-refractivity contribution in [1.29, 1.82) is 0 Å². The van der Waals surface area contributed by atoms with E-state index in [0.29, 0.717) is 4.31 Å². The number of amides is 1. The van der Waals surface area contributed by atoms with E-state index in [1.54, 1.807) is 20.8 Å². The number of carbonyl (C=O) groups excluding carboxylic acids is 1. The summed E-state index contributed by atoms with van der Waals surface area (Å²) in [5, 5.41) is 0. The second kappa shape index (κ2) is 7.27. The Morgan fingerprint density at radius 2 is 2.12 bits per heavy atom. The molecule has 0 bridgehead atoms. The van der Waals surface area contributed by atoms with Crippen molar-refractivity contribution < 1.29 is 23.0 Å². The highest BCUT2D eigenvalue weighted by Crippen LogP contribution is 2.10. The zero-order valence-electron chi connectivity index (χ0n) is 10.1. The van der Waals surface area contributed by atoms with Crippen LogP contribution in [-0.4, -0.2) is 44.5 Å². The minimum Gasteiger partial charge on any atom is -0.755 e. The molecule has 0 aliphatic heterocycles. The lowest BCUT2D eigenvalue weighted by Crippen LogP contribution is -2.39. The number of ether oxygens (including phenoxy) is 2. The number of nitrogens with zero attached hydrogens (tertiary/aromatic N) is 1. The molecular weight excluding hydrogens is 246 g/mol. The third kappa shape index (κ3) is 7.74. The van der Waals surface area contributed by atoms with E-state index in [-0.39, 0.29) is 19.8 Å². The smallest absolute Gasteiger partial charge is 0.421 e. The van der Waals surface area contributed by atoms with Crippen LogP contribution in [0.15, 0.2) is 0 Å². The topological polar surface area (TPSA) is 78.9 Å². The molecule has 17 heavy (non-hydrogen) atoms. The van der Waals surface area contributed by atoms with Crippen LogP contribution in [-0.2, 0) is 20.7 Å². The van der Waals surface area contributed by atoms with Crippen molar-refractivity contribution in [2.24, 2.45) is 0 Å². The Kier molecular flexibility index (Phi) is 6.80. The van der Waals surface area contributed by atoms with E-state index in [0.717, 1.165) is 0 Å². The highest BCUT2D eigenvalue weighted by Gasteiger charge is 2.22. The first kappa shape index (κ1) is 15.9. The van der Waals surface area contributed by atoms with Crippen LogP contribution >= 0.6 is 0 Å². The van der Waals surface area contributed by atoms with Gasteiger partial charge in [-0.25, -0.2) is 9.10 Å². The highest BCUT2D eigenvalue weighted by molar-refractivity contribution is 7.77. The Morgan fingerprint density at radius 1 is 1.53 bits per heavy atom. The molecule has 98 valence electrons. The maximum Gasteiger partial charge on any atom is 0.421 e. The zero-order valence-corrected chi connectivity index (χ0v) is 10.9. The maximum atomic E-state index is 11.5. The molecule has 0 heterocycles. The number of hydrogen-bond donors (Lipinski definition) is 0. The molecule has 7 heteroatoms. The van der Waals surface area contributed by atoms with Crippen LogP contribution in [0.1, 0.15) is 20.8 Å². The first-order chi connectivity index (χ1) is 7.78. The number of terminal acetylenes is 1. The lowest BCUT2D eigenvalue weighted by molar-refractivity contribution is 0.0347. The summed E-state index contributed by atoms with van der Waals surface area (Å²) < 4.78 is 32.0. The fourth-order valence-electron chi connectivity index (χ4n) is 0.818. The lowest BCUT2D eigenvalue weighted by atomic mass is 10.2. The first-order valence-corrected chi connectivity index (χ1v) is 5.92. The quantitative estimate of drug-likeness (QED) is 0.413. The van der Waals surface area contributed by atoms with Gasteiger partial charge in [0.1, 0.15) is 12.2 Å². The number of hydrogen-bond acceptors (Lipinski definition) is 5. The molecule has 0 aromatic rings. The Hall–Kier alpha value is -1.10. The molecule has 0 aliphatic carbocycles. The highest BCUT2D eigenvalue weighted by atomic mass is 32.2. The standard InChI is InChI=1S/C10H17NO5S/c1-5-7-15-8-6-11(17(13)14)9(12)16-10(2,3)4/h1H,6-8H2,2-4H3,(H,13,14)/p-1. The second-order valence-corrected chi connectivity index (χ2v) is 4.93. The molecule has 0 spiro atoms. The van der Waals surface area contributed by atoms with E-state index in [1.807, 2.05) is 0 Å². The summed E-state index contributed by atoms with van der Waals surface area (Å²) in [6.07, 6.45) is 4.01. The van der Waals surface area contributed by atoms with E-state index in [1.165, 1.54) is 0 Å². The third-order valence-electron chi connectivity index (χ3n) is 1.40. The minimum absolute atomic E-state index is 0.0252. The van der Waals surface area contributed by atoms with Crippen LogP contribution in [0.4, 0.5) is 4.79 Å². The van der Waals surface area contributed by atoms with Crippen LogP contribution in [0.2, 0.25) is 0 Å². The molecule has 0 saturated carbocycles. The van der Waals surface area contributed by atoms with Crippen molar-refractivity contribution in [1.82, 2.24) is 4.31 Å². The Bertz CT molecular complexity index is 318. The van der Waals surface area contributed by atoms with Crippen molar-refractivity contribution in [2.45, 2.75) is 26.4 Å². The first-order valence-electron chi connectivity index (χ1n) is 4.89. The molecule has 0 aromatic heterocycles. The molecule has 0 N–H and O–H groups in total. The lowest BCUT2D eigenvalue weighted by Gasteiger charge is -2.27. The summed E-state index contributed by atoms with van der Waals surface area (Å²) in [7, 11) is 0. The molecule has 0 radical (unpaired) electrons. The molecule has 0 fully saturated rings. The zero-order chi connectivity index (χ0) is 13.5. The van der Waals surface area contributed by atoms with Gasteiger partial charge >= 0.3 is 6.09 Å². The van der Waals surface area contributed by atoms with E-state index in [9.17, 15) is 13.6 Å². The predicted molar refractivity (Wildman–Crippen MR) is 61.5 cm³/mol. The van der Waals surface area contributed by atoms with Gasteiger partial charge in [-0.15, -0.1) is 6.42 Å². The van der Waals surface area contributed by atoms with Gasteiger partial charge in [-0.05, 0) is 20.8 Å². The summed E-state index contributed by atoms with van der Waals surface area (Å²) in [4.78, 5) is 11.5. The summed E-state index contributed by atoms with van der Waals surface area (Å²) in [6.45, 7) is 4.89. The summed E-state index contributed by atoms with van der Waals surface area (Å²) in [6, 6.07) is 0. The van der Waals surface area contributed by atoms with Crippen molar-refractivity contribution in [3.63, 3.8) is 0 Å². The van der Waals surface area contributed by atoms with Crippen LogP contribution in [0.5, 0.6) is 0 Å². The molecule has 0 rings (SSSR count). The van der Waals surface area contributed by atoms with E-state index >= 15 is 0 Å². The Balaban J connectivity index is 4.29. The second-order valence-electron chi connectivity index (χ2n) is 4.06. The Morgan fingerprint density at radius 3 is 2.53 bits per heavy atom. The van der Waals surface area contributed by atoms with Crippen LogP contribution in [0, 0.1) is 12.3 Å². The van der Waals surface area contributed by atoms with E-state index in [4.69, 9.17) is 15.9 Å².